The van der Waals surface area contributed by atoms with Crippen LogP contribution in [-0.2, 0) is 5.75 Å². The predicted octanol–water partition coefficient (Wildman–Crippen LogP) is 3.19. The number of hydrazone groups is 1. The number of carbonyl (C=O) groups is 1. The first kappa shape index (κ1) is 14.1. The van der Waals surface area contributed by atoms with Gasteiger partial charge in [-0.25, -0.2) is 4.79 Å². The second kappa shape index (κ2) is 6.77. The highest BCUT2D eigenvalue weighted by Gasteiger charge is 2.06. The van der Waals surface area contributed by atoms with Crippen molar-refractivity contribution in [2.24, 2.45) is 10.9 Å². The van der Waals surface area contributed by atoms with Gasteiger partial charge in [0, 0.05) is 5.75 Å². The Kier molecular flexibility index (Phi) is 4.79. The zero-order chi connectivity index (χ0) is 14.4. The van der Waals surface area contributed by atoms with E-state index in [0.717, 1.165) is 22.4 Å². The minimum absolute atomic E-state index is 0.288. The first-order valence-corrected chi connectivity index (χ1v) is 7.02. The SMILES string of the molecule is NN=CSCc1ccccc1-c1ccc(C(=O)O)cc1. The molecule has 0 spiro atoms. The van der Waals surface area contributed by atoms with Crippen LogP contribution in [-0.4, -0.2) is 16.6 Å². The van der Waals surface area contributed by atoms with Crippen molar-refractivity contribution in [2.45, 2.75) is 5.75 Å². The number of aromatic carboxylic acids is 1. The highest BCUT2D eigenvalue weighted by molar-refractivity contribution is 8.11. The molecule has 0 amide bonds. The molecule has 0 fully saturated rings. The molecule has 4 nitrogen and oxygen atoms in total. The number of benzene rings is 2. The monoisotopic (exact) mass is 286 g/mol. The third kappa shape index (κ3) is 3.39. The molecule has 0 saturated heterocycles. The summed E-state index contributed by atoms with van der Waals surface area (Å²) < 4.78 is 0. The average Bonchev–Trinajstić information content (AvgIpc) is 2.48. The molecule has 0 bridgehead atoms. The van der Waals surface area contributed by atoms with Crippen molar-refractivity contribution in [2.75, 3.05) is 0 Å². The van der Waals surface area contributed by atoms with Gasteiger partial charge in [0.1, 0.15) is 0 Å². The first-order chi connectivity index (χ1) is 9.72. The minimum Gasteiger partial charge on any atom is -0.478 e. The second-order valence-corrected chi connectivity index (χ2v) is 4.94. The summed E-state index contributed by atoms with van der Waals surface area (Å²) in [4.78, 5) is 10.9. The second-order valence-electron chi connectivity index (χ2n) is 4.11. The Morgan fingerprint density at radius 1 is 1.20 bits per heavy atom. The lowest BCUT2D eigenvalue weighted by Gasteiger charge is -2.08. The van der Waals surface area contributed by atoms with E-state index in [1.165, 1.54) is 11.8 Å². The standard InChI is InChI=1S/C15H14N2O2S/c16-17-10-20-9-13-3-1-2-4-14(13)11-5-7-12(8-6-11)15(18)19/h1-8,10H,9,16H2,(H,18,19). The van der Waals surface area contributed by atoms with Crippen LogP contribution in [0.2, 0.25) is 0 Å². The van der Waals surface area contributed by atoms with Gasteiger partial charge in [0.25, 0.3) is 0 Å². The zero-order valence-corrected chi connectivity index (χ0v) is 11.5. The number of hydrogen-bond donors (Lipinski definition) is 2. The third-order valence-corrected chi connectivity index (χ3v) is 3.58. The number of nitrogens with two attached hydrogens (primary N) is 1. The maximum absolute atomic E-state index is 10.9. The Bertz CT molecular complexity index is 624. The molecule has 102 valence electrons. The molecule has 0 unspecified atom stereocenters. The number of rotatable bonds is 5. The molecule has 2 rings (SSSR count). The van der Waals surface area contributed by atoms with Crippen LogP contribution in [0.25, 0.3) is 11.1 Å². The van der Waals surface area contributed by atoms with Crippen molar-refractivity contribution in [1.29, 1.82) is 0 Å². The summed E-state index contributed by atoms with van der Waals surface area (Å²) in [5.41, 5.74) is 5.12. The van der Waals surface area contributed by atoms with E-state index in [-0.39, 0.29) is 5.56 Å². The van der Waals surface area contributed by atoms with E-state index in [1.54, 1.807) is 17.7 Å². The molecule has 0 aliphatic rings. The summed E-state index contributed by atoms with van der Waals surface area (Å²) >= 11 is 1.51. The fourth-order valence-corrected chi connectivity index (χ4v) is 2.48. The summed E-state index contributed by atoms with van der Waals surface area (Å²) in [5, 5.41) is 12.4. The molecule has 0 aromatic heterocycles. The van der Waals surface area contributed by atoms with Crippen molar-refractivity contribution in [3.8, 4) is 11.1 Å². The largest absolute Gasteiger partial charge is 0.478 e. The smallest absolute Gasteiger partial charge is 0.335 e. The molecule has 2 aromatic carbocycles. The quantitative estimate of drug-likeness (QED) is 0.383. The number of thioether (sulfide) groups is 1. The van der Waals surface area contributed by atoms with E-state index >= 15 is 0 Å². The van der Waals surface area contributed by atoms with Gasteiger partial charge in [0.15, 0.2) is 0 Å². The van der Waals surface area contributed by atoms with Crippen LogP contribution < -0.4 is 5.84 Å². The number of carboxylic acids is 1. The molecule has 0 radical (unpaired) electrons. The molecular formula is C15H14N2O2S. The van der Waals surface area contributed by atoms with Gasteiger partial charge in [0.05, 0.1) is 11.1 Å². The Balaban J connectivity index is 2.29. The zero-order valence-electron chi connectivity index (χ0n) is 10.7. The molecule has 0 aliphatic carbocycles. The molecule has 5 heteroatoms. The first-order valence-electron chi connectivity index (χ1n) is 5.97. The fraction of sp³-hybridized carbons (Fsp3) is 0.0667. The van der Waals surface area contributed by atoms with E-state index in [2.05, 4.69) is 5.10 Å². The normalized spacial score (nSPS) is 10.8. The molecular weight excluding hydrogens is 272 g/mol. The third-order valence-electron chi connectivity index (χ3n) is 2.83. The maximum atomic E-state index is 10.9. The van der Waals surface area contributed by atoms with Crippen LogP contribution in [0.3, 0.4) is 0 Å². The average molecular weight is 286 g/mol. The van der Waals surface area contributed by atoms with Gasteiger partial charge < -0.3 is 10.9 Å². The van der Waals surface area contributed by atoms with Gasteiger partial charge >= 0.3 is 5.97 Å². The van der Waals surface area contributed by atoms with E-state index in [0.29, 0.717) is 0 Å². The highest BCUT2D eigenvalue weighted by atomic mass is 32.2. The Morgan fingerprint density at radius 2 is 1.90 bits per heavy atom. The molecule has 0 saturated carbocycles. The lowest BCUT2D eigenvalue weighted by Crippen LogP contribution is -1.95. The van der Waals surface area contributed by atoms with Gasteiger partial charge in [-0.2, -0.15) is 5.10 Å². The minimum atomic E-state index is -0.917. The van der Waals surface area contributed by atoms with E-state index in [1.807, 2.05) is 36.4 Å². The van der Waals surface area contributed by atoms with Crippen molar-refractivity contribution < 1.29 is 9.90 Å². The maximum Gasteiger partial charge on any atom is 0.335 e. The number of carboxylic acid groups (broad SMARTS) is 1. The lowest BCUT2D eigenvalue weighted by molar-refractivity contribution is 0.0697. The van der Waals surface area contributed by atoms with Gasteiger partial charge in [0.2, 0.25) is 0 Å². The van der Waals surface area contributed by atoms with Gasteiger partial charge in [-0.1, -0.05) is 36.4 Å². The summed E-state index contributed by atoms with van der Waals surface area (Å²) in [6, 6.07) is 14.9. The van der Waals surface area contributed by atoms with Crippen molar-refractivity contribution in [3.05, 3.63) is 59.7 Å². The fourth-order valence-electron chi connectivity index (χ4n) is 1.89. The van der Waals surface area contributed by atoms with Crippen molar-refractivity contribution in [3.63, 3.8) is 0 Å². The van der Waals surface area contributed by atoms with Crippen LogP contribution in [0.1, 0.15) is 15.9 Å². The Labute approximate surface area is 121 Å². The van der Waals surface area contributed by atoms with Crippen LogP contribution in [0.5, 0.6) is 0 Å². The predicted molar refractivity (Wildman–Crippen MR) is 82.8 cm³/mol. The molecule has 0 atom stereocenters. The number of nitrogens with zero attached hydrogens (tertiary/aromatic N) is 1. The molecule has 0 aliphatic heterocycles. The summed E-state index contributed by atoms with van der Waals surface area (Å²) in [5.74, 6) is 4.92. The topological polar surface area (TPSA) is 75.7 Å². The summed E-state index contributed by atoms with van der Waals surface area (Å²) in [6.07, 6.45) is 0. The van der Waals surface area contributed by atoms with Gasteiger partial charge in [-0.3, -0.25) is 0 Å². The Hall–Kier alpha value is -2.27. The van der Waals surface area contributed by atoms with E-state index in [9.17, 15) is 4.79 Å². The van der Waals surface area contributed by atoms with Crippen molar-refractivity contribution >= 4 is 23.3 Å². The van der Waals surface area contributed by atoms with E-state index < -0.39 is 5.97 Å². The van der Waals surface area contributed by atoms with Crippen LogP contribution in [0, 0.1) is 0 Å². The Morgan fingerprint density at radius 3 is 2.55 bits per heavy atom. The molecule has 3 N–H and O–H groups in total. The molecule has 20 heavy (non-hydrogen) atoms. The van der Waals surface area contributed by atoms with Gasteiger partial charge in [-0.15, -0.1) is 11.8 Å². The summed E-state index contributed by atoms with van der Waals surface area (Å²) in [7, 11) is 0. The number of hydrogen-bond acceptors (Lipinski definition) is 4. The van der Waals surface area contributed by atoms with Crippen LogP contribution in [0.4, 0.5) is 0 Å². The molecule has 0 heterocycles. The van der Waals surface area contributed by atoms with Crippen LogP contribution >= 0.6 is 11.8 Å². The highest BCUT2D eigenvalue weighted by Crippen LogP contribution is 2.26. The summed E-state index contributed by atoms with van der Waals surface area (Å²) in [6.45, 7) is 0. The van der Waals surface area contributed by atoms with E-state index in [4.69, 9.17) is 10.9 Å². The van der Waals surface area contributed by atoms with Gasteiger partial charge in [-0.05, 0) is 28.8 Å². The van der Waals surface area contributed by atoms with Crippen molar-refractivity contribution in [1.82, 2.24) is 0 Å². The lowest BCUT2D eigenvalue weighted by atomic mass is 9.99. The van der Waals surface area contributed by atoms with Crippen LogP contribution in [0.15, 0.2) is 53.6 Å². The molecule has 2 aromatic rings.